The number of hydrogen-bond donors (Lipinski definition) is 0. The molecule has 0 radical (unpaired) electrons. The van der Waals surface area contributed by atoms with Gasteiger partial charge in [0.15, 0.2) is 0 Å². The van der Waals surface area contributed by atoms with E-state index in [1.165, 1.54) is 42.4 Å². The van der Waals surface area contributed by atoms with Crippen LogP contribution in [0.2, 0.25) is 0 Å². The van der Waals surface area contributed by atoms with Crippen LogP contribution < -0.4 is 4.74 Å². The smallest absolute Gasteiger partial charge is 0.223 e. The van der Waals surface area contributed by atoms with Crippen LogP contribution in [0, 0.1) is 5.92 Å². The molecule has 0 N–H and O–H groups in total. The molecule has 1 saturated carbocycles. The largest absolute Gasteiger partial charge is 0.491 e. The summed E-state index contributed by atoms with van der Waals surface area (Å²) >= 11 is 0. The summed E-state index contributed by atoms with van der Waals surface area (Å²) in [5, 5.41) is 0. The van der Waals surface area contributed by atoms with Crippen LogP contribution in [-0.4, -0.2) is 35.4 Å². The summed E-state index contributed by atoms with van der Waals surface area (Å²) in [5.74, 6) is 1.84. The van der Waals surface area contributed by atoms with Crippen molar-refractivity contribution in [2.45, 2.75) is 58.2 Å². The first-order valence-corrected chi connectivity index (χ1v) is 11.6. The normalized spacial score (nSPS) is 19.7. The van der Waals surface area contributed by atoms with Crippen molar-refractivity contribution in [3.63, 3.8) is 0 Å². The summed E-state index contributed by atoms with van der Waals surface area (Å²) in [6, 6.07) is 15.3. The van der Waals surface area contributed by atoms with E-state index in [2.05, 4.69) is 47.4 Å². The van der Waals surface area contributed by atoms with E-state index in [1.807, 2.05) is 4.90 Å². The van der Waals surface area contributed by atoms with Crippen molar-refractivity contribution in [3.8, 4) is 5.75 Å². The van der Waals surface area contributed by atoms with Gasteiger partial charge in [0, 0.05) is 38.2 Å². The summed E-state index contributed by atoms with van der Waals surface area (Å²) in [6.45, 7) is 5.01. The van der Waals surface area contributed by atoms with Crippen molar-refractivity contribution in [2.24, 2.45) is 5.92 Å². The Morgan fingerprint density at radius 1 is 0.967 bits per heavy atom. The van der Waals surface area contributed by atoms with Crippen LogP contribution >= 0.6 is 0 Å². The molecule has 158 valence electrons. The Balaban J connectivity index is 1.26. The minimum absolute atomic E-state index is 0.302. The maximum atomic E-state index is 12.9. The van der Waals surface area contributed by atoms with Crippen molar-refractivity contribution >= 4 is 5.91 Å². The zero-order chi connectivity index (χ0) is 20.3. The molecule has 0 unspecified atom stereocenters. The van der Waals surface area contributed by atoms with E-state index in [0.717, 1.165) is 37.4 Å². The third-order valence-electron chi connectivity index (χ3n) is 7.01. The van der Waals surface area contributed by atoms with Crippen molar-refractivity contribution in [2.75, 3.05) is 19.7 Å². The molecule has 0 bridgehead atoms. The standard InChI is InChI=1S/C26H32N2O2/c29-26(16-20-5-1-2-6-20)28-13-14-30-25-10-9-21(15-24(25)19-28)17-27-12-11-22-7-3-4-8-23(22)18-27/h3-4,7-10,15,20H,1-2,5-6,11-14,16-19H2. The van der Waals surface area contributed by atoms with Gasteiger partial charge in [-0.1, -0.05) is 43.2 Å². The number of fused-ring (bicyclic) bond motifs is 2. The van der Waals surface area contributed by atoms with Gasteiger partial charge in [-0.15, -0.1) is 0 Å². The van der Waals surface area contributed by atoms with E-state index in [1.54, 1.807) is 0 Å². The second-order valence-electron chi connectivity index (χ2n) is 9.19. The number of carbonyl (C=O) groups is 1. The highest BCUT2D eigenvalue weighted by molar-refractivity contribution is 5.76. The average molecular weight is 405 g/mol. The molecule has 2 aliphatic heterocycles. The van der Waals surface area contributed by atoms with E-state index in [4.69, 9.17) is 4.74 Å². The minimum Gasteiger partial charge on any atom is -0.491 e. The Labute approximate surface area is 179 Å². The molecule has 0 atom stereocenters. The lowest BCUT2D eigenvalue weighted by molar-refractivity contribution is -0.132. The lowest BCUT2D eigenvalue weighted by Gasteiger charge is -2.29. The van der Waals surface area contributed by atoms with Crippen LogP contribution in [0.15, 0.2) is 42.5 Å². The van der Waals surface area contributed by atoms with Gasteiger partial charge in [-0.2, -0.15) is 0 Å². The van der Waals surface area contributed by atoms with Gasteiger partial charge in [-0.05, 0) is 54.0 Å². The average Bonchev–Trinajstić information content (AvgIpc) is 3.18. The van der Waals surface area contributed by atoms with Gasteiger partial charge in [-0.3, -0.25) is 9.69 Å². The zero-order valence-electron chi connectivity index (χ0n) is 17.8. The molecule has 4 heteroatoms. The van der Waals surface area contributed by atoms with E-state index in [-0.39, 0.29) is 0 Å². The zero-order valence-corrected chi connectivity index (χ0v) is 17.8. The summed E-state index contributed by atoms with van der Waals surface area (Å²) in [5.41, 5.74) is 5.40. The molecule has 2 aromatic carbocycles. The van der Waals surface area contributed by atoms with Crippen LogP contribution in [0.25, 0.3) is 0 Å². The topological polar surface area (TPSA) is 32.8 Å². The summed E-state index contributed by atoms with van der Waals surface area (Å²) in [4.78, 5) is 17.4. The minimum atomic E-state index is 0.302. The monoisotopic (exact) mass is 404 g/mol. The van der Waals surface area contributed by atoms with Crippen LogP contribution in [0.4, 0.5) is 0 Å². The van der Waals surface area contributed by atoms with Gasteiger partial charge in [0.1, 0.15) is 12.4 Å². The van der Waals surface area contributed by atoms with Crippen molar-refractivity contribution < 1.29 is 9.53 Å². The summed E-state index contributed by atoms with van der Waals surface area (Å²) in [7, 11) is 0. The molecule has 1 amide bonds. The SMILES string of the molecule is O=C(CC1CCCC1)N1CCOc2ccc(CN3CCc4ccccc4C3)cc2C1. The number of nitrogens with zero attached hydrogens (tertiary/aromatic N) is 2. The highest BCUT2D eigenvalue weighted by atomic mass is 16.5. The van der Waals surface area contributed by atoms with Crippen molar-refractivity contribution in [3.05, 3.63) is 64.7 Å². The Bertz CT molecular complexity index is 904. The molecule has 4 nitrogen and oxygen atoms in total. The Morgan fingerprint density at radius 2 is 1.80 bits per heavy atom. The molecule has 5 rings (SSSR count). The molecule has 1 fully saturated rings. The Morgan fingerprint density at radius 3 is 2.67 bits per heavy atom. The molecule has 3 aliphatic rings. The van der Waals surface area contributed by atoms with Gasteiger partial charge in [0.2, 0.25) is 5.91 Å². The molecule has 1 aliphatic carbocycles. The molecule has 0 spiro atoms. The molecule has 30 heavy (non-hydrogen) atoms. The number of rotatable bonds is 4. The molecule has 0 saturated heterocycles. The van der Waals surface area contributed by atoms with Crippen molar-refractivity contribution in [1.82, 2.24) is 9.80 Å². The molecular formula is C26H32N2O2. The van der Waals surface area contributed by atoms with Crippen LogP contribution in [0.1, 0.15) is 54.4 Å². The quantitative estimate of drug-likeness (QED) is 0.750. The fourth-order valence-electron chi connectivity index (χ4n) is 5.30. The molecule has 2 aromatic rings. The van der Waals surface area contributed by atoms with E-state index in [9.17, 15) is 4.79 Å². The van der Waals surface area contributed by atoms with E-state index in [0.29, 0.717) is 37.9 Å². The Kier molecular flexibility index (Phi) is 5.76. The van der Waals surface area contributed by atoms with Crippen LogP contribution in [0.3, 0.4) is 0 Å². The van der Waals surface area contributed by atoms with Crippen molar-refractivity contribution in [1.29, 1.82) is 0 Å². The third-order valence-corrected chi connectivity index (χ3v) is 7.01. The third kappa shape index (κ3) is 4.39. The first-order valence-electron chi connectivity index (χ1n) is 11.6. The van der Waals surface area contributed by atoms with E-state index >= 15 is 0 Å². The number of hydrogen-bond acceptors (Lipinski definition) is 3. The highest BCUT2D eigenvalue weighted by Gasteiger charge is 2.25. The fraction of sp³-hybridized carbons (Fsp3) is 0.500. The predicted octanol–water partition coefficient (Wildman–Crippen LogP) is 4.55. The van der Waals surface area contributed by atoms with E-state index < -0.39 is 0 Å². The first kappa shape index (κ1) is 19.6. The van der Waals surface area contributed by atoms with Crippen LogP contribution in [-0.2, 0) is 30.8 Å². The van der Waals surface area contributed by atoms with Gasteiger partial charge in [-0.25, -0.2) is 0 Å². The molecular weight excluding hydrogens is 372 g/mol. The van der Waals surface area contributed by atoms with Gasteiger partial charge >= 0.3 is 0 Å². The highest BCUT2D eigenvalue weighted by Crippen LogP contribution is 2.30. The second-order valence-corrected chi connectivity index (χ2v) is 9.19. The van der Waals surface area contributed by atoms with Gasteiger partial charge < -0.3 is 9.64 Å². The second kappa shape index (κ2) is 8.81. The number of amides is 1. The summed E-state index contributed by atoms with van der Waals surface area (Å²) < 4.78 is 5.98. The van der Waals surface area contributed by atoms with Gasteiger partial charge in [0.05, 0.1) is 6.54 Å². The lowest BCUT2D eigenvalue weighted by Crippen LogP contribution is -2.33. The number of ether oxygens (including phenoxy) is 1. The fourth-order valence-corrected chi connectivity index (χ4v) is 5.30. The lowest BCUT2D eigenvalue weighted by atomic mass is 9.99. The predicted molar refractivity (Wildman–Crippen MR) is 118 cm³/mol. The molecule has 2 heterocycles. The first-order chi connectivity index (χ1) is 14.7. The summed E-state index contributed by atoms with van der Waals surface area (Å²) in [6.07, 6.45) is 6.84. The number of carbonyl (C=O) groups excluding carboxylic acids is 1. The maximum absolute atomic E-state index is 12.9. The van der Waals surface area contributed by atoms with Gasteiger partial charge in [0.25, 0.3) is 0 Å². The van der Waals surface area contributed by atoms with Crippen LogP contribution in [0.5, 0.6) is 5.75 Å². The maximum Gasteiger partial charge on any atom is 0.223 e. The molecule has 0 aromatic heterocycles. The number of benzene rings is 2. The Hall–Kier alpha value is -2.33.